The third-order valence-electron chi connectivity index (χ3n) is 2.18. The molecule has 0 aliphatic carbocycles. The molecule has 0 bridgehead atoms. The van der Waals surface area contributed by atoms with Gasteiger partial charge in [-0.05, 0) is 25.5 Å². The van der Waals surface area contributed by atoms with Gasteiger partial charge >= 0.3 is 15.6 Å². The van der Waals surface area contributed by atoms with Gasteiger partial charge in [0.1, 0.15) is 5.75 Å². The van der Waals surface area contributed by atoms with E-state index in [-0.39, 0.29) is 0 Å². The van der Waals surface area contributed by atoms with Crippen LogP contribution < -0.4 is 9.92 Å². The Balaban J connectivity index is 0.000000763. The number of hydrogen-bond donors (Lipinski definition) is 1. The number of benzene rings is 1. The number of rotatable bonds is 4. The zero-order valence-corrected chi connectivity index (χ0v) is 12.5. The summed E-state index contributed by atoms with van der Waals surface area (Å²) in [6.45, 7) is 4.07. The first-order valence-electron chi connectivity index (χ1n) is 5.91. The number of halogens is 3. The van der Waals surface area contributed by atoms with Crippen LogP contribution in [0.15, 0.2) is 24.3 Å². The van der Waals surface area contributed by atoms with Gasteiger partial charge in [-0.3, -0.25) is 10.1 Å². The highest BCUT2D eigenvalue weighted by Gasteiger charge is 2.48. The molecule has 0 spiro atoms. The topological polar surface area (TPSA) is 113 Å². The molecule has 0 saturated heterocycles. The molecule has 2 N–H and O–H groups in total. The van der Waals surface area contributed by atoms with Crippen LogP contribution in [0.25, 0.3) is 0 Å². The van der Waals surface area contributed by atoms with E-state index in [0.29, 0.717) is 6.04 Å². The Labute approximate surface area is 125 Å². The third-order valence-corrected chi connectivity index (χ3v) is 3.16. The van der Waals surface area contributed by atoms with Crippen molar-refractivity contribution in [3.63, 3.8) is 0 Å². The van der Waals surface area contributed by atoms with Gasteiger partial charge in [0, 0.05) is 18.2 Å². The molecule has 0 fully saturated rings. The van der Waals surface area contributed by atoms with Gasteiger partial charge < -0.3 is 9.92 Å². The fraction of sp³-hybridized carbons (Fsp3) is 0.455. The Kier molecular flexibility index (Phi) is 7.26. The molecule has 7 nitrogen and oxygen atoms in total. The lowest BCUT2D eigenvalue weighted by molar-refractivity contribution is -0.384. The molecule has 1 aromatic carbocycles. The lowest BCUT2D eigenvalue weighted by Crippen LogP contribution is -2.28. The van der Waals surface area contributed by atoms with Crippen LogP contribution in [-0.4, -0.2) is 24.9 Å². The van der Waals surface area contributed by atoms with Crippen molar-refractivity contribution in [2.45, 2.75) is 31.8 Å². The molecule has 0 aliphatic heterocycles. The normalized spacial score (nSPS) is 12.8. The highest BCUT2D eigenvalue weighted by atomic mass is 32.2. The summed E-state index contributed by atoms with van der Waals surface area (Å²) >= 11 is 0. The fourth-order valence-electron chi connectivity index (χ4n) is 0.797. The molecule has 0 aromatic heterocycles. The van der Waals surface area contributed by atoms with Gasteiger partial charge in [-0.15, -0.1) is 0 Å². The molecule has 1 atom stereocenters. The molecule has 0 radical (unpaired) electrons. The molecular formula is C11H15F3N2O5S. The average molecular weight is 344 g/mol. The minimum absolute atomic E-state index is 0.384. The maximum absolute atomic E-state index is 11.9. The molecule has 0 amide bonds. The summed E-state index contributed by atoms with van der Waals surface area (Å²) in [7, 11) is -5.75. The first-order chi connectivity index (χ1) is 9.90. The summed E-state index contributed by atoms with van der Waals surface area (Å²) < 4.78 is 60.6. The summed E-state index contributed by atoms with van der Waals surface area (Å²) in [6.07, 6.45) is 1.08. The van der Waals surface area contributed by atoms with E-state index < -0.39 is 32.0 Å². The Bertz CT molecular complexity index is 585. The largest absolute Gasteiger partial charge is 0.534 e. The van der Waals surface area contributed by atoms with E-state index in [9.17, 15) is 31.7 Å². The smallest absolute Gasteiger partial charge is 0.376 e. The molecule has 1 aromatic rings. The van der Waals surface area contributed by atoms with E-state index in [1.54, 1.807) is 0 Å². The van der Waals surface area contributed by atoms with Crippen molar-refractivity contribution in [3.05, 3.63) is 34.4 Å². The zero-order chi connectivity index (χ0) is 17.6. The molecule has 1 unspecified atom stereocenters. The van der Waals surface area contributed by atoms with E-state index >= 15 is 0 Å². The van der Waals surface area contributed by atoms with Gasteiger partial charge in [0.05, 0.1) is 4.92 Å². The highest BCUT2D eigenvalue weighted by molar-refractivity contribution is 7.87. The van der Waals surface area contributed by atoms with Crippen molar-refractivity contribution in [2.75, 3.05) is 0 Å². The quantitative estimate of drug-likeness (QED) is 0.389. The standard InChI is InChI=1S/C7H4F3NO5S.C4H11N/c8-7(9,10)17(14,15)16-6-3-1-5(2-4-6)11(12)13;1-3-4(2)5/h1-4H;4H,3,5H2,1-2H3. The molecule has 11 heteroatoms. The van der Waals surface area contributed by atoms with E-state index in [4.69, 9.17) is 5.73 Å². The van der Waals surface area contributed by atoms with E-state index in [0.717, 1.165) is 30.7 Å². The van der Waals surface area contributed by atoms with Crippen LogP contribution in [0.3, 0.4) is 0 Å². The first-order valence-corrected chi connectivity index (χ1v) is 7.32. The minimum Gasteiger partial charge on any atom is -0.376 e. The number of hydrogen-bond acceptors (Lipinski definition) is 6. The molecule has 0 aliphatic rings. The van der Waals surface area contributed by atoms with Crippen LogP contribution in [0.2, 0.25) is 0 Å². The molecule has 126 valence electrons. The Hall–Kier alpha value is -1.88. The van der Waals surface area contributed by atoms with Gasteiger partial charge in [0.15, 0.2) is 0 Å². The molecule has 1 rings (SSSR count). The number of nitro benzene ring substituents is 1. The SMILES string of the molecule is CCC(C)N.O=[N+]([O-])c1ccc(OS(=O)(=O)C(F)(F)F)cc1. The van der Waals surface area contributed by atoms with Crippen molar-refractivity contribution < 1.29 is 30.7 Å². The average Bonchev–Trinajstić information content (AvgIpc) is 2.38. The number of alkyl halides is 3. The Morgan fingerprint density at radius 3 is 2.00 bits per heavy atom. The van der Waals surface area contributed by atoms with Gasteiger partial charge in [0.25, 0.3) is 5.69 Å². The van der Waals surface area contributed by atoms with Crippen molar-refractivity contribution in [1.29, 1.82) is 0 Å². The maximum atomic E-state index is 11.9. The Morgan fingerprint density at radius 2 is 1.73 bits per heavy atom. The maximum Gasteiger partial charge on any atom is 0.534 e. The predicted molar refractivity (Wildman–Crippen MR) is 72.6 cm³/mol. The number of nitro groups is 1. The van der Waals surface area contributed by atoms with Crippen LogP contribution in [0.5, 0.6) is 5.75 Å². The summed E-state index contributed by atoms with van der Waals surface area (Å²) in [5, 5.41) is 10.2. The van der Waals surface area contributed by atoms with Crippen molar-refractivity contribution in [2.24, 2.45) is 5.73 Å². The molecule has 0 saturated carbocycles. The van der Waals surface area contributed by atoms with Gasteiger partial charge in [0.2, 0.25) is 0 Å². The number of nitrogens with zero attached hydrogens (tertiary/aromatic N) is 1. The molecule has 22 heavy (non-hydrogen) atoms. The van der Waals surface area contributed by atoms with Crippen LogP contribution >= 0.6 is 0 Å². The predicted octanol–water partition coefficient (Wildman–Crippen LogP) is 2.57. The van der Waals surface area contributed by atoms with E-state index in [1.165, 1.54) is 0 Å². The number of non-ortho nitro benzene ring substituents is 1. The van der Waals surface area contributed by atoms with Gasteiger partial charge in [-0.25, -0.2) is 0 Å². The fourth-order valence-corrected chi connectivity index (χ4v) is 1.26. The monoisotopic (exact) mass is 344 g/mol. The van der Waals surface area contributed by atoms with Crippen LogP contribution in [0, 0.1) is 10.1 Å². The second-order valence-corrected chi connectivity index (χ2v) is 5.66. The number of nitrogens with two attached hydrogens (primary N) is 1. The second-order valence-electron chi connectivity index (χ2n) is 4.12. The van der Waals surface area contributed by atoms with Crippen molar-refractivity contribution >= 4 is 15.8 Å². The van der Waals surface area contributed by atoms with Crippen molar-refractivity contribution in [1.82, 2.24) is 0 Å². The third kappa shape index (κ3) is 6.72. The highest BCUT2D eigenvalue weighted by Crippen LogP contribution is 2.27. The summed E-state index contributed by atoms with van der Waals surface area (Å²) in [5.74, 6) is -0.659. The van der Waals surface area contributed by atoms with E-state index in [1.807, 2.05) is 6.92 Å². The van der Waals surface area contributed by atoms with E-state index in [2.05, 4.69) is 11.1 Å². The second kappa shape index (κ2) is 7.94. The zero-order valence-electron chi connectivity index (χ0n) is 11.7. The van der Waals surface area contributed by atoms with Crippen LogP contribution in [0.1, 0.15) is 20.3 Å². The summed E-state index contributed by atoms with van der Waals surface area (Å²) in [4.78, 5) is 9.43. The Morgan fingerprint density at radius 1 is 1.32 bits per heavy atom. The van der Waals surface area contributed by atoms with Gasteiger partial charge in [-0.2, -0.15) is 21.6 Å². The summed E-state index contributed by atoms with van der Waals surface area (Å²) in [6, 6.07) is 3.53. The van der Waals surface area contributed by atoms with Crippen molar-refractivity contribution in [3.8, 4) is 5.75 Å². The summed E-state index contributed by atoms with van der Waals surface area (Å²) in [5.41, 5.74) is -0.656. The minimum atomic E-state index is -5.75. The molecule has 0 heterocycles. The van der Waals surface area contributed by atoms with Crippen LogP contribution in [-0.2, 0) is 10.1 Å². The molecular weight excluding hydrogens is 329 g/mol. The first kappa shape index (κ1) is 20.1. The van der Waals surface area contributed by atoms with Gasteiger partial charge in [-0.1, -0.05) is 6.92 Å². The van der Waals surface area contributed by atoms with Crippen LogP contribution in [0.4, 0.5) is 18.9 Å². The lowest BCUT2D eigenvalue weighted by Gasteiger charge is -2.08. The lowest BCUT2D eigenvalue weighted by atomic mass is 10.3.